The van der Waals surface area contributed by atoms with Gasteiger partial charge in [0.05, 0.1) is 12.3 Å². The van der Waals surface area contributed by atoms with Gasteiger partial charge in [0, 0.05) is 44.4 Å². The number of benzene rings is 2. The molecule has 0 atom stereocenters. The molecule has 0 aliphatic carbocycles. The lowest BCUT2D eigenvalue weighted by Gasteiger charge is -2.38. The molecule has 1 saturated heterocycles. The second kappa shape index (κ2) is 19.2. The number of ether oxygens (including phenoxy) is 1. The summed E-state index contributed by atoms with van der Waals surface area (Å²) in [6.07, 6.45) is 7.38. The minimum absolute atomic E-state index is 0.380. The lowest BCUT2D eigenvalue weighted by Crippen LogP contribution is -2.45. The third kappa shape index (κ3) is 12.8. The first-order chi connectivity index (χ1) is 21.3. The van der Waals surface area contributed by atoms with Gasteiger partial charge in [0.15, 0.2) is 16.8 Å². The van der Waals surface area contributed by atoms with Gasteiger partial charge in [0.1, 0.15) is 5.75 Å². The molecule has 3 rings (SSSR count). The number of carbonyl (C=O) groups is 2. The van der Waals surface area contributed by atoms with E-state index in [1.165, 1.54) is 17.2 Å². The molecule has 0 saturated carbocycles. The summed E-state index contributed by atoms with van der Waals surface area (Å²) in [5.41, 5.74) is 3.77. The van der Waals surface area contributed by atoms with E-state index < -0.39 is 23.6 Å². The highest BCUT2D eigenvalue weighted by Gasteiger charge is 2.25. The van der Waals surface area contributed by atoms with Crippen molar-refractivity contribution in [1.82, 2.24) is 9.80 Å². The maximum Gasteiger partial charge on any atom is 0.328 e. The summed E-state index contributed by atoms with van der Waals surface area (Å²) in [6.45, 7) is 12.6. The number of piperidine rings is 1. The number of aliphatic imine (C=N–C) groups is 1. The van der Waals surface area contributed by atoms with E-state index in [0.29, 0.717) is 42.4 Å². The Morgan fingerprint density at radius 2 is 1.58 bits per heavy atom. The first kappa shape index (κ1) is 37.7. The lowest BCUT2D eigenvalue weighted by molar-refractivity contribution is -0.134. The Morgan fingerprint density at radius 1 is 1.00 bits per heavy atom. The van der Waals surface area contributed by atoms with Crippen LogP contribution in [0.5, 0.6) is 5.75 Å². The number of likely N-dealkylation sites (tertiary alicyclic amines) is 1. The number of rotatable bonds is 12. The van der Waals surface area contributed by atoms with E-state index >= 15 is 0 Å². The summed E-state index contributed by atoms with van der Waals surface area (Å²) >= 11 is 1.73. The predicted molar refractivity (Wildman–Crippen MR) is 178 cm³/mol. The van der Waals surface area contributed by atoms with Crippen LogP contribution in [0.4, 0.5) is 14.5 Å². The molecular formula is C34H47F2N3O5S. The topological polar surface area (TPSA) is 103 Å². The monoisotopic (exact) mass is 647 g/mol. The highest BCUT2D eigenvalue weighted by Crippen LogP contribution is 2.36. The van der Waals surface area contributed by atoms with Crippen LogP contribution in [0.25, 0.3) is 0 Å². The fourth-order valence-corrected chi connectivity index (χ4v) is 5.65. The molecule has 2 N–H and O–H groups in total. The average molecular weight is 648 g/mol. The fourth-order valence-electron chi connectivity index (χ4n) is 5.03. The minimum Gasteiger partial charge on any atom is -0.493 e. The molecule has 0 spiro atoms. The molecule has 0 unspecified atom stereocenters. The third-order valence-electron chi connectivity index (χ3n) is 7.54. The van der Waals surface area contributed by atoms with E-state index in [0.717, 1.165) is 68.3 Å². The van der Waals surface area contributed by atoms with Crippen LogP contribution in [0.15, 0.2) is 53.5 Å². The maximum atomic E-state index is 13.3. The van der Waals surface area contributed by atoms with Crippen molar-refractivity contribution in [3.8, 4) is 5.75 Å². The largest absolute Gasteiger partial charge is 0.493 e. The number of nitrogens with zero attached hydrogens (tertiary/aromatic N) is 3. The van der Waals surface area contributed by atoms with Crippen LogP contribution in [0, 0.1) is 11.6 Å². The molecule has 2 aromatic rings. The third-order valence-corrected chi connectivity index (χ3v) is 8.28. The van der Waals surface area contributed by atoms with E-state index in [-0.39, 0.29) is 0 Å². The van der Waals surface area contributed by atoms with Crippen LogP contribution in [0.2, 0.25) is 0 Å². The van der Waals surface area contributed by atoms with Crippen molar-refractivity contribution in [3.05, 3.63) is 71.3 Å². The molecule has 45 heavy (non-hydrogen) atoms. The number of hydrogen-bond acceptors (Lipinski definition) is 6. The molecule has 248 valence electrons. The summed E-state index contributed by atoms with van der Waals surface area (Å²) in [7, 11) is 2.19. The van der Waals surface area contributed by atoms with Crippen molar-refractivity contribution in [2.45, 2.75) is 71.3 Å². The number of unbranched alkanes of at least 4 members (excludes halogenated alkanes) is 1. The van der Waals surface area contributed by atoms with Crippen LogP contribution in [0.3, 0.4) is 0 Å². The fraction of sp³-hybridized carbons (Fsp3) is 0.500. The van der Waals surface area contributed by atoms with Crippen molar-refractivity contribution < 1.29 is 33.3 Å². The predicted octanol–water partition coefficient (Wildman–Crippen LogP) is 7.53. The molecule has 1 fully saturated rings. The zero-order chi connectivity index (χ0) is 33.5. The maximum absolute atomic E-state index is 13.3. The summed E-state index contributed by atoms with van der Waals surface area (Å²) < 4.78 is 31.9. The van der Waals surface area contributed by atoms with Crippen LogP contribution >= 0.6 is 11.8 Å². The Balaban J connectivity index is 0.000000777. The number of thioether (sulfide) groups is 1. The van der Waals surface area contributed by atoms with E-state index in [1.807, 2.05) is 0 Å². The number of carboxylic acid groups (broad SMARTS) is 2. The highest BCUT2D eigenvalue weighted by molar-refractivity contribution is 8.13. The van der Waals surface area contributed by atoms with Crippen molar-refractivity contribution in [3.63, 3.8) is 0 Å². The molecule has 0 amide bonds. The molecular weight excluding hydrogens is 600 g/mol. The Labute approximate surface area is 270 Å². The van der Waals surface area contributed by atoms with Crippen molar-refractivity contribution in [2.24, 2.45) is 4.99 Å². The van der Waals surface area contributed by atoms with Crippen LogP contribution in [0.1, 0.15) is 76.3 Å². The van der Waals surface area contributed by atoms with Gasteiger partial charge in [0.2, 0.25) is 0 Å². The summed E-state index contributed by atoms with van der Waals surface area (Å²) in [5.74, 6) is -3.00. The molecule has 0 aromatic heterocycles. The van der Waals surface area contributed by atoms with Gasteiger partial charge < -0.3 is 24.7 Å². The molecule has 1 heterocycles. The van der Waals surface area contributed by atoms with Gasteiger partial charge in [-0.2, -0.15) is 0 Å². The Morgan fingerprint density at radius 3 is 2.07 bits per heavy atom. The van der Waals surface area contributed by atoms with Gasteiger partial charge in [0.25, 0.3) is 0 Å². The number of halogens is 2. The molecule has 11 heteroatoms. The molecule has 1 aliphatic rings. The smallest absolute Gasteiger partial charge is 0.328 e. The number of carboxylic acids is 2. The number of amidine groups is 1. The average Bonchev–Trinajstić information content (AvgIpc) is 3.00. The normalized spacial score (nSPS) is 14.5. The van der Waals surface area contributed by atoms with E-state index in [4.69, 9.17) is 19.9 Å². The van der Waals surface area contributed by atoms with Gasteiger partial charge in [-0.05, 0) is 73.6 Å². The van der Waals surface area contributed by atoms with Crippen molar-refractivity contribution in [1.29, 1.82) is 0 Å². The molecule has 0 radical (unpaired) electrons. The molecule has 2 aromatic carbocycles. The summed E-state index contributed by atoms with van der Waals surface area (Å²) in [4.78, 5) is 29.3. The van der Waals surface area contributed by atoms with Gasteiger partial charge in [-0.1, -0.05) is 57.7 Å². The van der Waals surface area contributed by atoms with Crippen LogP contribution in [-0.4, -0.2) is 82.7 Å². The van der Waals surface area contributed by atoms with Gasteiger partial charge in [-0.3, -0.25) is 0 Å². The first-order valence-electron chi connectivity index (χ1n) is 15.3. The van der Waals surface area contributed by atoms with E-state index in [2.05, 4.69) is 69.0 Å². The summed E-state index contributed by atoms with van der Waals surface area (Å²) in [6, 6.07) is 10.8. The second-order valence-corrected chi connectivity index (χ2v) is 12.3. The van der Waals surface area contributed by atoms with Crippen LogP contribution < -0.4 is 4.74 Å². The van der Waals surface area contributed by atoms with Crippen molar-refractivity contribution >= 4 is 34.6 Å². The Kier molecular flexibility index (Phi) is 16.1. The number of para-hydroxylation sites is 1. The molecule has 1 aliphatic heterocycles. The molecule has 8 nitrogen and oxygen atoms in total. The van der Waals surface area contributed by atoms with E-state index in [1.54, 1.807) is 11.8 Å². The first-order valence-corrected chi connectivity index (χ1v) is 16.5. The quantitative estimate of drug-likeness (QED) is 0.106. The van der Waals surface area contributed by atoms with Gasteiger partial charge in [-0.25, -0.2) is 23.4 Å². The summed E-state index contributed by atoms with van der Waals surface area (Å²) in [5, 5.41) is 16.7. The lowest BCUT2D eigenvalue weighted by atomic mass is 9.93. The zero-order valence-corrected chi connectivity index (χ0v) is 27.9. The van der Waals surface area contributed by atoms with Crippen LogP contribution in [-0.2, 0) is 9.59 Å². The molecule has 0 bridgehead atoms. The minimum atomic E-state index is -1.26. The Bertz CT molecular complexity index is 1270. The van der Waals surface area contributed by atoms with E-state index in [9.17, 15) is 18.4 Å². The SMILES string of the molecule is CS/C(=N\c1c(C(C)C)cccc1C(C)C)N(C)C1CCN(CCCCOc2ccc(F)c(F)c2)CC1.O=C(O)/C=C/C(=O)O. The number of hydrogen-bond donors (Lipinski definition) is 2. The van der Waals surface area contributed by atoms with Gasteiger partial charge in [-0.15, -0.1) is 0 Å². The highest BCUT2D eigenvalue weighted by atomic mass is 32.2. The second-order valence-electron chi connectivity index (χ2n) is 11.5. The van der Waals surface area contributed by atoms with Crippen molar-refractivity contribution in [2.75, 3.05) is 39.5 Å². The number of aliphatic carboxylic acids is 2. The standard InChI is InChI=1S/C30H43F2N3OS.C4H4O4/c1-21(2)25-10-9-11-26(22(3)4)29(25)33-30(37-6)34(5)23-14-17-35(18-15-23)16-7-8-19-36-24-12-13-27(31)28(32)20-24;5-3(6)1-2-4(7)8/h9-13,20-23H,7-8,14-19H2,1-6H3;1-2H,(H,5,6)(H,7,8)/b33-30-;2-1+. The zero-order valence-electron chi connectivity index (χ0n) is 27.1. The Hall–Kier alpha value is -3.44. The van der Waals surface area contributed by atoms with Gasteiger partial charge >= 0.3 is 11.9 Å².